The van der Waals surface area contributed by atoms with Gasteiger partial charge in [0.25, 0.3) is 0 Å². The zero-order valence-electron chi connectivity index (χ0n) is 16.6. The molecule has 29 heavy (non-hydrogen) atoms. The van der Waals surface area contributed by atoms with Crippen LogP contribution < -0.4 is 10.2 Å². The van der Waals surface area contributed by atoms with Crippen molar-refractivity contribution in [1.29, 1.82) is 5.26 Å². The Bertz CT molecular complexity index is 853. The molecule has 0 saturated carbocycles. The van der Waals surface area contributed by atoms with E-state index < -0.39 is 0 Å². The number of amides is 1. The van der Waals surface area contributed by atoms with Crippen LogP contribution >= 0.6 is 0 Å². The molecule has 150 valence electrons. The van der Waals surface area contributed by atoms with Crippen LogP contribution in [-0.4, -0.2) is 48.0 Å². The Morgan fingerprint density at radius 1 is 1.10 bits per heavy atom. The van der Waals surface area contributed by atoms with E-state index in [-0.39, 0.29) is 17.9 Å². The molecule has 6 nitrogen and oxygen atoms in total. The van der Waals surface area contributed by atoms with Crippen molar-refractivity contribution in [2.75, 3.05) is 31.1 Å². The second kappa shape index (κ2) is 9.06. The summed E-state index contributed by atoms with van der Waals surface area (Å²) in [6.07, 6.45) is 4.31. The predicted octanol–water partition coefficient (Wildman–Crippen LogP) is 2.56. The third-order valence-corrected chi connectivity index (χ3v) is 5.93. The minimum absolute atomic E-state index is 0.0767. The van der Waals surface area contributed by atoms with Crippen molar-refractivity contribution < 1.29 is 4.79 Å². The molecular formula is C23H27N5O. The van der Waals surface area contributed by atoms with Crippen molar-refractivity contribution in [2.45, 2.75) is 31.8 Å². The predicted molar refractivity (Wildman–Crippen MR) is 112 cm³/mol. The van der Waals surface area contributed by atoms with E-state index in [1.165, 1.54) is 5.56 Å². The largest absolute Gasteiger partial charge is 0.357 e. The molecule has 2 saturated heterocycles. The van der Waals surface area contributed by atoms with E-state index in [0.717, 1.165) is 57.8 Å². The fourth-order valence-electron chi connectivity index (χ4n) is 4.26. The first kappa shape index (κ1) is 19.4. The summed E-state index contributed by atoms with van der Waals surface area (Å²) < 4.78 is 0. The number of piperidine rings is 1. The SMILES string of the molecule is N#Cc1ccc(N2CCC(C(=O)NC3CCN(Cc4ccccc4)C3)CC2)nc1. The van der Waals surface area contributed by atoms with E-state index in [1.54, 1.807) is 12.3 Å². The molecule has 2 aromatic rings. The van der Waals surface area contributed by atoms with E-state index >= 15 is 0 Å². The van der Waals surface area contributed by atoms with Gasteiger partial charge in [-0.15, -0.1) is 0 Å². The Morgan fingerprint density at radius 2 is 1.90 bits per heavy atom. The summed E-state index contributed by atoms with van der Waals surface area (Å²) >= 11 is 0. The molecule has 6 heteroatoms. The lowest BCUT2D eigenvalue weighted by molar-refractivity contribution is -0.126. The molecule has 1 atom stereocenters. The van der Waals surface area contributed by atoms with Gasteiger partial charge >= 0.3 is 0 Å². The van der Waals surface area contributed by atoms with Gasteiger partial charge in [0.1, 0.15) is 11.9 Å². The van der Waals surface area contributed by atoms with E-state index in [9.17, 15) is 4.79 Å². The number of pyridine rings is 1. The number of benzene rings is 1. The van der Waals surface area contributed by atoms with Crippen LogP contribution in [0.15, 0.2) is 48.7 Å². The van der Waals surface area contributed by atoms with Gasteiger partial charge in [0, 0.05) is 50.9 Å². The second-order valence-electron chi connectivity index (χ2n) is 7.99. The highest BCUT2D eigenvalue weighted by molar-refractivity contribution is 5.79. The average Bonchev–Trinajstić information content (AvgIpc) is 3.21. The lowest BCUT2D eigenvalue weighted by Gasteiger charge is -2.32. The number of nitriles is 1. The first-order valence-corrected chi connectivity index (χ1v) is 10.4. The maximum absolute atomic E-state index is 12.7. The van der Waals surface area contributed by atoms with Crippen LogP contribution in [0, 0.1) is 17.2 Å². The quantitative estimate of drug-likeness (QED) is 0.851. The number of aromatic nitrogens is 1. The number of carbonyl (C=O) groups is 1. The van der Waals surface area contributed by atoms with E-state index in [2.05, 4.69) is 50.4 Å². The summed E-state index contributed by atoms with van der Waals surface area (Å²) in [7, 11) is 0. The second-order valence-corrected chi connectivity index (χ2v) is 7.99. The third kappa shape index (κ3) is 4.93. The standard InChI is InChI=1S/C23H27N5O/c24-14-19-6-7-22(25-15-19)28-12-8-20(9-13-28)23(29)26-21-10-11-27(17-21)16-18-4-2-1-3-5-18/h1-7,15,20-21H,8-13,16-17H2,(H,26,29). The van der Waals surface area contributed by atoms with Crippen LogP contribution in [0.4, 0.5) is 5.82 Å². The molecule has 0 aliphatic carbocycles. The van der Waals surface area contributed by atoms with Gasteiger partial charge in [0.2, 0.25) is 5.91 Å². The van der Waals surface area contributed by atoms with Gasteiger partial charge in [-0.05, 0) is 37.0 Å². The lowest BCUT2D eigenvalue weighted by atomic mass is 9.95. The first-order valence-electron chi connectivity index (χ1n) is 10.4. The van der Waals surface area contributed by atoms with Crippen LogP contribution in [0.1, 0.15) is 30.4 Å². The Kier molecular flexibility index (Phi) is 6.06. The van der Waals surface area contributed by atoms with Crippen molar-refractivity contribution in [3.63, 3.8) is 0 Å². The Hall–Kier alpha value is -2.91. The van der Waals surface area contributed by atoms with Gasteiger partial charge in [-0.2, -0.15) is 5.26 Å². The molecule has 2 aliphatic rings. The highest BCUT2D eigenvalue weighted by Crippen LogP contribution is 2.23. The monoisotopic (exact) mass is 389 g/mol. The molecule has 2 fully saturated rings. The zero-order chi connectivity index (χ0) is 20.1. The van der Waals surface area contributed by atoms with Gasteiger partial charge in [0.15, 0.2) is 0 Å². The minimum atomic E-state index is 0.0767. The summed E-state index contributed by atoms with van der Waals surface area (Å²) in [5.74, 6) is 1.16. The minimum Gasteiger partial charge on any atom is -0.357 e. The Labute approximate surface area is 172 Å². The molecule has 1 aromatic carbocycles. The zero-order valence-corrected chi connectivity index (χ0v) is 16.6. The maximum atomic E-state index is 12.7. The van der Waals surface area contributed by atoms with Gasteiger partial charge in [-0.3, -0.25) is 9.69 Å². The molecule has 1 N–H and O–H groups in total. The molecule has 0 bridgehead atoms. The summed E-state index contributed by atoms with van der Waals surface area (Å²) in [5.41, 5.74) is 1.89. The van der Waals surface area contributed by atoms with E-state index in [4.69, 9.17) is 5.26 Å². The van der Waals surface area contributed by atoms with Crippen LogP contribution in [-0.2, 0) is 11.3 Å². The summed E-state index contributed by atoms with van der Waals surface area (Å²) in [5, 5.41) is 12.2. The van der Waals surface area contributed by atoms with Crippen LogP contribution in [0.5, 0.6) is 0 Å². The molecule has 1 amide bonds. The van der Waals surface area contributed by atoms with Crippen molar-refractivity contribution in [1.82, 2.24) is 15.2 Å². The molecule has 1 aromatic heterocycles. The number of nitrogens with one attached hydrogen (secondary N) is 1. The van der Waals surface area contributed by atoms with Crippen molar-refractivity contribution in [3.05, 3.63) is 59.8 Å². The fourth-order valence-corrected chi connectivity index (χ4v) is 4.26. The molecule has 0 radical (unpaired) electrons. The van der Waals surface area contributed by atoms with E-state index in [1.807, 2.05) is 12.1 Å². The number of carbonyl (C=O) groups excluding carboxylic acids is 1. The summed E-state index contributed by atoms with van der Waals surface area (Å²) in [6, 6.07) is 16.5. The van der Waals surface area contributed by atoms with Gasteiger partial charge in [0.05, 0.1) is 5.56 Å². The fraction of sp³-hybridized carbons (Fsp3) is 0.435. The van der Waals surface area contributed by atoms with E-state index in [0.29, 0.717) is 5.56 Å². The van der Waals surface area contributed by atoms with Gasteiger partial charge in [-0.25, -0.2) is 4.98 Å². The number of anilines is 1. The number of likely N-dealkylation sites (tertiary alicyclic amines) is 1. The molecular weight excluding hydrogens is 362 g/mol. The molecule has 4 rings (SSSR count). The van der Waals surface area contributed by atoms with Gasteiger partial charge < -0.3 is 10.2 Å². The summed E-state index contributed by atoms with van der Waals surface area (Å²) in [6.45, 7) is 4.55. The van der Waals surface area contributed by atoms with Crippen LogP contribution in [0.25, 0.3) is 0 Å². The van der Waals surface area contributed by atoms with Crippen LogP contribution in [0.2, 0.25) is 0 Å². The first-order chi connectivity index (χ1) is 14.2. The van der Waals surface area contributed by atoms with Crippen molar-refractivity contribution in [2.24, 2.45) is 5.92 Å². The number of hydrogen-bond acceptors (Lipinski definition) is 5. The highest BCUT2D eigenvalue weighted by atomic mass is 16.2. The lowest BCUT2D eigenvalue weighted by Crippen LogP contribution is -2.44. The molecule has 1 unspecified atom stereocenters. The Balaban J connectivity index is 1.22. The highest BCUT2D eigenvalue weighted by Gasteiger charge is 2.29. The maximum Gasteiger partial charge on any atom is 0.223 e. The van der Waals surface area contributed by atoms with Gasteiger partial charge in [-0.1, -0.05) is 30.3 Å². The van der Waals surface area contributed by atoms with Crippen molar-refractivity contribution >= 4 is 11.7 Å². The molecule has 0 spiro atoms. The Morgan fingerprint density at radius 3 is 2.59 bits per heavy atom. The normalized spacial score (nSPS) is 20.4. The average molecular weight is 390 g/mol. The molecule has 2 aliphatic heterocycles. The van der Waals surface area contributed by atoms with Crippen molar-refractivity contribution in [3.8, 4) is 6.07 Å². The third-order valence-electron chi connectivity index (χ3n) is 5.93. The number of hydrogen-bond donors (Lipinski definition) is 1. The van der Waals surface area contributed by atoms with Crippen LogP contribution in [0.3, 0.4) is 0 Å². The number of rotatable bonds is 5. The molecule has 3 heterocycles. The summed E-state index contributed by atoms with van der Waals surface area (Å²) in [4.78, 5) is 21.7. The smallest absolute Gasteiger partial charge is 0.223 e. The number of nitrogens with zero attached hydrogens (tertiary/aromatic N) is 4. The topological polar surface area (TPSA) is 72.3 Å².